The SMILES string of the molecule is CC1CN(CC[N+](=O)[O-])CCO1. The Kier molecular flexibility index (Phi) is 3.43. The molecule has 70 valence electrons. The molecule has 1 fully saturated rings. The maximum absolute atomic E-state index is 10.1. The van der Waals surface area contributed by atoms with Crippen molar-refractivity contribution in [3.63, 3.8) is 0 Å². The third-order valence-corrected chi connectivity index (χ3v) is 1.92. The number of nitro groups is 1. The molecule has 5 heteroatoms. The van der Waals surface area contributed by atoms with Crippen LogP contribution in [0.4, 0.5) is 0 Å². The van der Waals surface area contributed by atoms with Crippen molar-refractivity contribution < 1.29 is 9.66 Å². The standard InChI is InChI=1S/C7H14N2O3/c1-7-6-8(4-5-12-7)2-3-9(10)11/h7H,2-6H2,1H3. The van der Waals surface area contributed by atoms with Crippen LogP contribution in [0.2, 0.25) is 0 Å². The van der Waals surface area contributed by atoms with Gasteiger partial charge in [0.15, 0.2) is 0 Å². The Balaban J connectivity index is 2.18. The predicted molar refractivity (Wildman–Crippen MR) is 43.7 cm³/mol. The summed E-state index contributed by atoms with van der Waals surface area (Å²) in [6.07, 6.45) is 0.213. The number of hydrogen-bond donors (Lipinski definition) is 0. The smallest absolute Gasteiger partial charge is 0.216 e. The van der Waals surface area contributed by atoms with Crippen molar-refractivity contribution in [2.45, 2.75) is 13.0 Å². The van der Waals surface area contributed by atoms with Gasteiger partial charge in [-0.3, -0.25) is 15.0 Å². The van der Waals surface area contributed by atoms with E-state index >= 15 is 0 Å². The number of hydrogen-bond acceptors (Lipinski definition) is 4. The van der Waals surface area contributed by atoms with Gasteiger partial charge in [-0.15, -0.1) is 0 Å². The lowest BCUT2D eigenvalue weighted by Crippen LogP contribution is -2.43. The zero-order valence-electron chi connectivity index (χ0n) is 7.23. The highest BCUT2D eigenvalue weighted by atomic mass is 16.6. The molecule has 5 nitrogen and oxygen atoms in total. The van der Waals surface area contributed by atoms with Crippen molar-refractivity contribution in [1.29, 1.82) is 0 Å². The predicted octanol–water partition coefficient (Wildman–Crippen LogP) is -0.0162. The molecule has 1 aliphatic rings. The van der Waals surface area contributed by atoms with E-state index in [1.807, 2.05) is 6.92 Å². The molecule has 0 aromatic heterocycles. The van der Waals surface area contributed by atoms with Crippen LogP contribution < -0.4 is 0 Å². The molecular formula is C7H14N2O3. The van der Waals surface area contributed by atoms with E-state index < -0.39 is 0 Å². The molecule has 0 spiro atoms. The van der Waals surface area contributed by atoms with Crippen LogP contribution in [0, 0.1) is 10.1 Å². The summed E-state index contributed by atoms with van der Waals surface area (Å²) in [7, 11) is 0. The number of rotatable bonds is 3. The van der Waals surface area contributed by atoms with Crippen molar-refractivity contribution in [3.05, 3.63) is 10.1 Å². The minimum Gasteiger partial charge on any atom is -0.376 e. The van der Waals surface area contributed by atoms with Crippen molar-refractivity contribution >= 4 is 0 Å². The van der Waals surface area contributed by atoms with Gasteiger partial charge < -0.3 is 4.74 Å². The lowest BCUT2D eigenvalue weighted by atomic mass is 10.3. The van der Waals surface area contributed by atoms with E-state index in [0.717, 1.165) is 13.1 Å². The third-order valence-electron chi connectivity index (χ3n) is 1.92. The van der Waals surface area contributed by atoms with E-state index in [9.17, 15) is 10.1 Å². The van der Waals surface area contributed by atoms with Crippen LogP contribution >= 0.6 is 0 Å². The first-order valence-electron chi connectivity index (χ1n) is 4.14. The molecule has 1 saturated heterocycles. The summed E-state index contributed by atoms with van der Waals surface area (Å²) < 4.78 is 5.30. The Bertz CT molecular complexity index is 163. The van der Waals surface area contributed by atoms with Gasteiger partial charge in [0.25, 0.3) is 0 Å². The van der Waals surface area contributed by atoms with Crippen LogP contribution in [0.1, 0.15) is 6.92 Å². The Morgan fingerprint density at radius 2 is 2.50 bits per heavy atom. The van der Waals surface area contributed by atoms with Crippen LogP contribution in [0.25, 0.3) is 0 Å². The molecule has 1 unspecified atom stereocenters. The highest BCUT2D eigenvalue weighted by molar-refractivity contribution is 4.66. The zero-order valence-corrected chi connectivity index (χ0v) is 7.23. The molecule has 1 atom stereocenters. The monoisotopic (exact) mass is 174 g/mol. The average molecular weight is 174 g/mol. The van der Waals surface area contributed by atoms with Gasteiger partial charge in [-0.25, -0.2) is 0 Å². The second-order valence-corrected chi connectivity index (χ2v) is 3.04. The van der Waals surface area contributed by atoms with E-state index in [2.05, 4.69) is 4.90 Å². The second kappa shape index (κ2) is 4.37. The Labute approximate surface area is 71.4 Å². The molecule has 0 saturated carbocycles. The van der Waals surface area contributed by atoms with Crippen LogP contribution in [0.15, 0.2) is 0 Å². The fourth-order valence-electron chi connectivity index (χ4n) is 1.32. The fraction of sp³-hybridized carbons (Fsp3) is 1.00. The van der Waals surface area contributed by atoms with Crippen molar-refractivity contribution in [2.24, 2.45) is 0 Å². The quantitative estimate of drug-likeness (QED) is 0.446. The summed E-state index contributed by atoms with van der Waals surface area (Å²) in [5.74, 6) is 0. The molecule has 0 radical (unpaired) electrons. The van der Waals surface area contributed by atoms with Crippen molar-refractivity contribution in [3.8, 4) is 0 Å². The summed E-state index contributed by atoms with van der Waals surface area (Å²) in [5.41, 5.74) is 0. The number of ether oxygens (including phenoxy) is 1. The summed E-state index contributed by atoms with van der Waals surface area (Å²) in [6, 6.07) is 0. The van der Waals surface area contributed by atoms with Crippen LogP contribution in [0.5, 0.6) is 0 Å². The second-order valence-electron chi connectivity index (χ2n) is 3.04. The number of nitrogens with zero attached hydrogens (tertiary/aromatic N) is 2. The molecular weight excluding hydrogens is 160 g/mol. The van der Waals surface area contributed by atoms with Gasteiger partial charge in [-0.2, -0.15) is 0 Å². The highest BCUT2D eigenvalue weighted by Crippen LogP contribution is 2.02. The molecule has 1 heterocycles. The van der Waals surface area contributed by atoms with Crippen LogP contribution in [-0.4, -0.2) is 48.7 Å². The molecule has 0 aromatic carbocycles. The first-order valence-corrected chi connectivity index (χ1v) is 4.14. The van der Waals surface area contributed by atoms with Crippen LogP contribution in [0.3, 0.4) is 0 Å². The Morgan fingerprint density at radius 3 is 3.08 bits per heavy atom. The van der Waals surface area contributed by atoms with Crippen molar-refractivity contribution in [2.75, 3.05) is 32.8 Å². The largest absolute Gasteiger partial charge is 0.376 e. The van der Waals surface area contributed by atoms with Gasteiger partial charge in [-0.1, -0.05) is 0 Å². The van der Waals surface area contributed by atoms with Gasteiger partial charge in [0, 0.05) is 18.0 Å². The van der Waals surface area contributed by atoms with Crippen molar-refractivity contribution in [1.82, 2.24) is 4.90 Å². The maximum Gasteiger partial charge on any atom is 0.216 e. The topological polar surface area (TPSA) is 55.6 Å². The van der Waals surface area contributed by atoms with Crippen LogP contribution in [-0.2, 0) is 4.74 Å². The van der Waals surface area contributed by atoms with Gasteiger partial charge in [0.2, 0.25) is 6.54 Å². The zero-order chi connectivity index (χ0) is 8.97. The molecule has 0 aliphatic carbocycles. The van der Waals surface area contributed by atoms with E-state index in [1.165, 1.54) is 0 Å². The first kappa shape index (κ1) is 9.41. The maximum atomic E-state index is 10.1. The molecule has 12 heavy (non-hydrogen) atoms. The van der Waals surface area contributed by atoms with E-state index in [-0.39, 0.29) is 17.6 Å². The lowest BCUT2D eigenvalue weighted by Gasteiger charge is -2.29. The summed E-state index contributed by atoms with van der Waals surface area (Å²) in [4.78, 5) is 11.9. The van der Waals surface area contributed by atoms with Gasteiger partial charge in [0.1, 0.15) is 0 Å². The van der Waals surface area contributed by atoms with Gasteiger partial charge in [-0.05, 0) is 6.92 Å². The molecule has 0 aromatic rings. The van der Waals surface area contributed by atoms with Gasteiger partial charge in [0.05, 0.1) is 19.3 Å². The van der Waals surface area contributed by atoms with E-state index in [0.29, 0.717) is 13.2 Å². The molecule has 0 amide bonds. The average Bonchev–Trinajstić information content (AvgIpc) is 2.01. The van der Waals surface area contributed by atoms with Gasteiger partial charge >= 0.3 is 0 Å². The highest BCUT2D eigenvalue weighted by Gasteiger charge is 2.17. The Hall–Kier alpha value is -0.680. The molecule has 0 N–H and O–H groups in total. The lowest BCUT2D eigenvalue weighted by molar-refractivity contribution is -0.480. The summed E-state index contributed by atoms with van der Waals surface area (Å²) >= 11 is 0. The first-order chi connectivity index (χ1) is 5.68. The molecule has 1 aliphatic heterocycles. The number of morpholine rings is 1. The third kappa shape index (κ3) is 3.15. The normalized spacial score (nSPS) is 25.6. The summed E-state index contributed by atoms with van der Waals surface area (Å²) in [5, 5.41) is 10.1. The minimum absolute atomic E-state index is 0.0344. The minimum atomic E-state index is -0.278. The fourth-order valence-corrected chi connectivity index (χ4v) is 1.32. The van der Waals surface area contributed by atoms with E-state index in [4.69, 9.17) is 4.74 Å². The molecule has 1 rings (SSSR count). The summed E-state index contributed by atoms with van der Waals surface area (Å²) in [6.45, 7) is 4.89. The molecule has 0 bridgehead atoms. The Morgan fingerprint density at radius 1 is 1.75 bits per heavy atom. The van der Waals surface area contributed by atoms with E-state index in [1.54, 1.807) is 0 Å².